The Balaban J connectivity index is 2.07. The standard InChI is InChI=1S/C25H34N2O5/c1-16-9-11-18(13-20(16)30-8)31-21-12-10-17(15-26-21)27-23(29)19(24(2,3)4)14-22(28)32-25(5,6)7/h9-13,15,19H,14H2,1-8H3,(H,27,29)/t19-/m0/s1. The molecule has 1 heterocycles. The van der Waals surface area contributed by atoms with Crippen molar-refractivity contribution in [2.75, 3.05) is 12.4 Å². The highest BCUT2D eigenvalue weighted by Crippen LogP contribution is 2.31. The molecule has 1 aromatic carbocycles. The molecule has 0 radical (unpaired) electrons. The first-order valence-corrected chi connectivity index (χ1v) is 10.6. The average molecular weight is 443 g/mol. The third-order valence-corrected chi connectivity index (χ3v) is 4.76. The van der Waals surface area contributed by atoms with Gasteiger partial charge >= 0.3 is 5.97 Å². The van der Waals surface area contributed by atoms with Gasteiger partial charge in [0.15, 0.2) is 0 Å². The Morgan fingerprint density at radius 3 is 2.28 bits per heavy atom. The molecule has 0 saturated carbocycles. The predicted molar refractivity (Wildman–Crippen MR) is 124 cm³/mol. The zero-order valence-electron chi connectivity index (χ0n) is 20.2. The van der Waals surface area contributed by atoms with Crippen molar-refractivity contribution < 1.29 is 23.8 Å². The van der Waals surface area contributed by atoms with E-state index < -0.39 is 22.9 Å². The number of esters is 1. The fraction of sp³-hybridized carbons (Fsp3) is 0.480. The number of nitrogens with one attached hydrogen (secondary N) is 1. The Hall–Kier alpha value is -3.09. The lowest BCUT2D eigenvalue weighted by molar-refractivity contribution is -0.158. The summed E-state index contributed by atoms with van der Waals surface area (Å²) < 4.78 is 16.5. The predicted octanol–water partition coefficient (Wildman–Crippen LogP) is 5.52. The van der Waals surface area contributed by atoms with Crippen molar-refractivity contribution in [2.24, 2.45) is 11.3 Å². The number of carbonyl (C=O) groups excluding carboxylic acids is 2. The van der Waals surface area contributed by atoms with Crippen LogP contribution in [-0.2, 0) is 14.3 Å². The maximum absolute atomic E-state index is 12.9. The van der Waals surface area contributed by atoms with Crippen molar-refractivity contribution in [3.63, 3.8) is 0 Å². The van der Waals surface area contributed by atoms with Crippen molar-refractivity contribution in [3.05, 3.63) is 42.1 Å². The van der Waals surface area contributed by atoms with Crippen LogP contribution in [0, 0.1) is 18.3 Å². The first-order valence-electron chi connectivity index (χ1n) is 10.6. The first kappa shape index (κ1) is 25.2. The van der Waals surface area contributed by atoms with E-state index in [1.807, 2.05) is 39.8 Å². The molecule has 1 aromatic heterocycles. The van der Waals surface area contributed by atoms with Crippen LogP contribution in [-0.4, -0.2) is 29.6 Å². The summed E-state index contributed by atoms with van der Waals surface area (Å²) in [5, 5.41) is 2.85. The van der Waals surface area contributed by atoms with E-state index in [1.54, 1.807) is 46.1 Å². The highest BCUT2D eigenvalue weighted by atomic mass is 16.6. The molecule has 0 aliphatic carbocycles. The molecular formula is C25H34N2O5. The molecule has 0 aliphatic heterocycles. The van der Waals surface area contributed by atoms with Gasteiger partial charge in [0.2, 0.25) is 11.8 Å². The first-order chi connectivity index (χ1) is 14.8. The van der Waals surface area contributed by atoms with Gasteiger partial charge in [0.25, 0.3) is 0 Å². The van der Waals surface area contributed by atoms with Crippen LogP contribution in [0.15, 0.2) is 36.5 Å². The van der Waals surface area contributed by atoms with Crippen LogP contribution in [0.1, 0.15) is 53.5 Å². The van der Waals surface area contributed by atoms with Gasteiger partial charge in [-0.2, -0.15) is 0 Å². The number of anilines is 1. The zero-order valence-corrected chi connectivity index (χ0v) is 20.2. The lowest BCUT2D eigenvalue weighted by Crippen LogP contribution is -2.36. The van der Waals surface area contributed by atoms with E-state index in [9.17, 15) is 9.59 Å². The molecule has 174 valence electrons. The third kappa shape index (κ3) is 7.55. The molecule has 2 rings (SSSR count). The van der Waals surface area contributed by atoms with Crippen LogP contribution >= 0.6 is 0 Å². The maximum atomic E-state index is 12.9. The SMILES string of the molecule is COc1cc(Oc2ccc(NC(=O)[C@H](CC(=O)OC(C)(C)C)C(C)(C)C)cn2)ccc1C. The van der Waals surface area contributed by atoms with E-state index in [2.05, 4.69) is 10.3 Å². The van der Waals surface area contributed by atoms with Crippen LogP contribution < -0.4 is 14.8 Å². The molecule has 0 saturated heterocycles. The van der Waals surface area contributed by atoms with E-state index in [1.165, 1.54) is 6.20 Å². The van der Waals surface area contributed by atoms with Crippen LogP contribution in [0.4, 0.5) is 5.69 Å². The number of hydrogen-bond acceptors (Lipinski definition) is 6. The topological polar surface area (TPSA) is 86.8 Å². The van der Waals surface area contributed by atoms with E-state index in [4.69, 9.17) is 14.2 Å². The highest BCUT2D eigenvalue weighted by molar-refractivity contribution is 5.95. The van der Waals surface area contributed by atoms with Crippen molar-refractivity contribution >= 4 is 17.6 Å². The van der Waals surface area contributed by atoms with Gasteiger partial charge in [0.05, 0.1) is 31.3 Å². The zero-order chi connectivity index (χ0) is 24.1. The Bertz CT molecular complexity index is 940. The van der Waals surface area contributed by atoms with Crippen LogP contribution in [0.2, 0.25) is 0 Å². The molecule has 32 heavy (non-hydrogen) atoms. The van der Waals surface area contributed by atoms with Crippen molar-refractivity contribution in [1.29, 1.82) is 0 Å². The molecule has 7 nitrogen and oxygen atoms in total. The summed E-state index contributed by atoms with van der Waals surface area (Å²) in [6, 6.07) is 8.90. The van der Waals surface area contributed by atoms with Gasteiger partial charge in [0, 0.05) is 12.1 Å². The number of methoxy groups -OCH3 is 1. The number of aryl methyl sites for hydroxylation is 1. The third-order valence-electron chi connectivity index (χ3n) is 4.76. The lowest BCUT2D eigenvalue weighted by atomic mass is 9.78. The van der Waals surface area contributed by atoms with E-state index in [-0.39, 0.29) is 12.3 Å². The summed E-state index contributed by atoms with van der Waals surface area (Å²) in [4.78, 5) is 29.5. The molecule has 2 aromatic rings. The summed E-state index contributed by atoms with van der Waals surface area (Å²) in [7, 11) is 1.61. The number of carbonyl (C=O) groups is 2. The molecule has 0 bridgehead atoms. The van der Waals surface area contributed by atoms with E-state index in [0.29, 0.717) is 17.3 Å². The molecular weight excluding hydrogens is 408 g/mol. The summed E-state index contributed by atoms with van der Waals surface area (Å²) in [5.41, 5.74) is 0.493. The van der Waals surface area contributed by atoms with Crippen molar-refractivity contribution in [2.45, 2.75) is 60.5 Å². The fourth-order valence-corrected chi connectivity index (χ4v) is 3.07. The summed E-state index contributed by atoms with van der Waals surface area (Å²) >= 11 is 0. The summed E-state index contributed by atoms with van der Waals surface area (Å²) in [6.07, 6.45) is 1.52. The number of nitrogens with zero attached hydrogens (tertiary/aromatic N) is 1. The van der Waals surface area contributed by atoms with Crippen molar-refractivity contribution in [1.82, 2.24) is 4.98 Å². The summed E-state index contributed by atoms with van der Waals surface area (Å²) in [6.45, 7) is 13.1. The molecule has 0 aliphatic rings. The van der Waals surface area contributed by atoms with Gasteiger partial charge in [-0.05, 0) is 50.8 Å². The van der Waals surface area contributed by atoms with Gasteiger partial charge in [-0.15, -0.1) is 0 Å². The quantitative estimate of drug-likeness (QED) is 0.568. The Labute approximate surface area is 190 Å². The summed E-state index contributed by atoms with van der Waals surface area (Å²) in [5.74, 6) is 0.486. The number of pyridine rings is 1. The van der Waals surface area contributed by atoms with Crippen LogP contribution in [0.25, 0.3) is 0 Å². The molecule has 1 amide bonds. The molecule has 1 atom stereocenters. The smallest absolute Gasteiger partial charge is 0.307 e. The Morgan fingerprint density at radius 2 is 1.75 bits per heavy atom. The number of hydrogen-bond donors (Lipinski definition) is 1. The van der Waals surface area contributed by atoms with Gasteiger partial charge in [0.1, 0.15) is 17.1 Å². The Morgan fingerprint density at radius 1 is 1.06 bits per heavy atom. The number of benzene rings is 1. The van der Waals surface area contributed by atoms with Gasteiger partial charge in [-0.3, -0.25) is 9.59 Å². The maximum Gasteiger partial charge on any atom is 0.307 e. The number of rotatable bonds is 7. The second-order valence-corrected chi connectivity index (χ2v) is 9.82. The molecule has 0 fully saturated rings. The minimum atomic E-state index is -0.600. The van der Waals surface area contributed by atoms with Gasteiger partial charge in [-0.1, -0.05) is 26.8 Å². The highest BCUT2D eigenvalue weighted by Gasteiger charge is 2.34. The molecule has 1 N–H and O–H groups in total. The van der Waals surface area contributed by atoms with E-state index >= 15 is 0 Å². The van der Waals surface area contributed by atoms with Crippen LogP contribution in [0.5, 0.6) is 17.4 Å². The van der Waals surface area contributed by atoms with Crippen LogP contribution in [0.3, 0.4) is 0 Å². The lowest BCUT2D eigenvalue weighted by Gasteiger charge is -2.30. The molecule has 7 heteroatoms. The minimum absolute atomic E-state index is 0.00349. The second kappa shape index (κ2) is 10.0. The fourth-order valence-electron chi connectivity index (χ4n) is 3.07. The number of amides is 1. The molecule has 0 spiro atoms. The molecule has 0 unspecified atom stereocenters. The average Bonchev–Trinajstić information content (AvgIpc) is 2.66. The van der Waals surface area contributed by atoms with Gasteiger partial charge < -0.3 is 19.5 Å². The number of aromatic nitrogens is 1. The normalized spacial score (nSPS) is 12.6. The second-order valence-electron chi connectivity index (χ2n) is 9.82. The van der Waals surface area contributed by atoms with E-state index in [0.717, 1.165) is 11.3 Å². The van der Waals surface area contributed by atoms with Crippen molar-refractivity contribution in [3.8, 4) is 17.4 Å². The minimum Gasteiger partial charge on any atom is -0.496 e. The number of ether oxygens (including phenoxy) is 3. The largest absolute Gasteiger partial charge is 0.496 e. The monoisotopic (exact) mass is 442 g/mol. The Kier molecular flexibility index (Phi) is 7.88. The van der Waals surface area contributed by atoms with Gasteiger partial charge in [-0.25, -0.2) is 4.98 Å².